The van der Waals surface area contributed by atoms with Crippen LogP contribution in [-0.4, -0.2) is 33.9 Å². The first-order valence-electron chi connectivity index (χ1n) is 5.25. The van der Waals surface area contributed by atoms with Gasteiger partial charge in [-0.1, -0.05) is 25.6 Å². The smallest absolute Gasteiger partial charge is 0.312 e. The predicted molar refractivity (Wildman–Crippen MR) is 69.5 cm³/mol. The molecule has 0 amide bonds. The zero-order chi connectivity index (χ0) is 11.7. The van der Waals surface area contributed by atoms with E-state index in [4.69, 9.17) is 9.47 Å². The Balaban J connectivity index is 1.80. The molecule has 2 bridgehead atoms. The summed E-state index contributed by atoms with van der Waals surface area (Å²) >= 11 is 12.0. The van der Waals surface area contributed by atoms with Crippen LogP contribution in [0.15, 0.2) is 0 Å². The molecule has 4 atom stereocenters. The van der Waals surface area contributed by atoms with Crippen LogP contribution in [0.2, 0.25) is 0 Å². The maximum atomic E-state index is 11.8. The summed E-state index contributed by atoms with van der Waals surface area (Å²) in [7, 11) is 0. The van der Waals surface area contributed by atoms with E-state index in [1.165, 1.54) is 3.71 Å². The van der Waals surface area contributed by atoms with Crippen LogP contribution < -0.4 is 0 Å². The average Bonchev–Trinajstić information content (AvgIpc) is 2.76. The molecule has 4 nitrogen and oxygen atoms in total. The Morgan fingerprint density at radius 1 is 1.50 bits per heavy atom. The normalized spacial score (nSPS) is 34.4. The van der Waals surface area contributed by atoms with E-state index in [-0.39, 0.29) is 24.1 Å². The Kier molecular flexibility index (Phi) is 4.34. The quantitative estimate of drug-likeness (QED) is 0.413. The molecular formula is C9H15NO3S3. The van der Waals surface area contributed by atoms with Gasteiger partial charge in [0.1, 0.15) is 0 Å². The Morgan fingerprint density at radius 2 is 2.25 bits per heavy atom. The molecule has 0 spiro atoms. The topological polar surface area (TPSA) is 38.8 Å². The molecule has 2 aliphatic rings. The highest BCUT2D eigenvalue weighted by atomic mass is 32.2. The van der Waals surface area contributed by atoms with Crippen molar-refractivity contribution in [1.82, 2.24) is 3.71 Å². The number of fused-ring (bicyclic) bond motifs is 2. The minimum Gasteiger partial charge on any atom is -0.450 e. The van der Waals surface area contributed by atoms with Crippen molar-refractivity contribution >= 4 is 44.2 Å². The van der Waals surface area contributed by atoms with Crippen molar-refractivity contribution in [3.63, 3.8) is 0 Å². The molecule has 92 valence electrons. The van der Waals surface area contributed by atoms with Gasteiger partial charge in [0, 0.05) is 0 Å². The molecular weight excluding hydrogens is 266 g/mol. The minimum absolute atomic E-state index is 0.0566. The zero-order valence-electron chi connectivity index (χ0n) is 8.65. The van der Waals surface area contributed by atoms with Gasteiger partial charge < -0.3 is 9.47 Å². The summed E-state index contributed by atoms with van der Waals surface area (Å²) in [5, 5.41) is 0. The van der Waals surface area contributed by atoms with Gasteiger partial charge in [-0.3, -0.25) is 4.79 Å². The average molecular weight is 281 g/mol. The van der Waals surface area contributed by atoms with Gasteiger partial charge in [-0.2, -0.15) is 3.71 Å². The predicted octanol–water partition coefficient (Wildman–Crippen LogP) is 1.34. The number of esters is 1. The van der Waals surface area contributed by atoms with Crippen molar-refractivity contribution in [2.24, 2.45) is 5.92 Å². The summed E-state index contributed by atoms with van der Waals surface area (Å²) < 4.78 is 12.1. The standard InChI is InChI=1S/C9H15NO3S3/c11-9(13-8(14)4-10(15)16)6-3-5-1-2-7(6)12-5/h5-8,14-16H,1-4H2. The lowest BCUT2D eigenvalue weighted by Gasteiger charge is -2.20. The van der Waals surface area contributed by atoms with Crippen LogP contribution in [0.4, 0.5) is 0 Å². The van der Waals surface area contributed by atoms with E-state index in [9.17, 15) is 4.79 Å². The van der Waals surface area contributed by atoms with Crippen LogP contribution in [0.5, 0.6) is 0 Å². The number of ether oxygens (including phenoxy) is 2. The molecule has 0 aromatic heterocycles. The molecule has 2 saturated heterocycles. The summed E-state index contributed by atoms with van der Waals surface area (Å²) in [6, 6.07) is 0. The second-order valence-electron chi connectivity index (χ2n) is 4.16. The van der Waals surface area contributed by atoms with E-state index < -0.39 is 5.44 Å². The van der Waals surface area contributed by atoms with Gasteiger partial charge in [0.2, 0.25) is 0 Å². The third-order valence-electron chi connectivity index (χ3n) is 2.98. The first-order valence-corrected chi connectivity index (χ1v) is 6.57. The first-order chi connectivity index (χ1) is 7.56. The molecule has 2 fully saturated rings. The third kappa shape index (κ3) is 3.01. The fourth-order valence-corrected chi connectivity index (χ4v) is 3.11. The zero-order valence-corrected chi connectivity index (χ0v) is 11.3. The second kappa shape index (κ2) is 5.39. The van der Waals surface area contributed by atoms with Crippen LogP contribution in [-0.2, 0) is 14.3 Å². The third-order valence-corrected chi connectivity index (χ3v) is 3.58. The molecule has 2 heterocycles. The van der Waals surface area contributed by atoms with Crippen molar-refractivity contribution in [3.8, 4) is 0 Å². The number of nitrogens with zero attached hydrogens (tertiary/aromatic N) is 1. The summed E-state index contributed by atoms with van der Waals surface area (Å²) in [5.74, 6) is -0.322. The molecule has 0 aromatic rings. The first kappa shape index (κ1) is 12.9. The van der Waals surface area contributed by atoms with Crippen LogP contribution in [0, 0.1) is 5.92 Å². The number of hydrogen-bond donors (Lipinski definition) is 3. The van der Waals surface area contributed by atoms with E-state index in [0.717, 1.165) is 19.3 Å². The summed E-state index contributed by atoms with van der Waals surface area (Å²) in [6.07, 6.45) is 3.13. The number of carbonyl (C=O) groups is 1. The maximum Gasteiger partial charge on any atom is 0.312 e. The van der Waals surface area contributed by atoms with E-state index >= 15 is 0 Å². The van der Waals surface area contributed by atoms with E-state index in [2.05, 4.69) is 38.3 Å². The molecule has 0 aromatic carbocycles. The van der Waals surface area contributed by atoms with E-state index in [0.29, 0.717) is 6.54 Å². The molecule has 0 N–H and O–H groups in total. The molecule has 2 rings (SSSR count). The fourth-order valence-electron chi connectivity index (χ4n) is 2.28. The Bertz CT molecular complexity index is 277. The number of thiol groups is 3. The monoisotopic (exact) mass is 281 g/mol. The van der Waals surface area contributed by atoms with Crippen LogP contribution in [0.1, 0.15) is 19.3 Å². The molecule has 4 unspecified atom stereocenters. The summed E-state index contributed by atoms with van der Waals surface area (Å²) in [5.41, 5.74) is -0.498. The summed E-state index contributed by atoms with van der Waals surface area (Å²) in [6.45, 7) is 0.364. The van der Waals surface area contributed by atoms with Gasteiger partial charge in [-0.25, -0.2) is 0 Å². The largest absolute Gasteiger partial charge is 0.450 e. The van der Waals surface area contributed by atoms with Crippen molar-refractivity contribution in [2.75, 3.05) is 6.54 Å². The van der Waals surface area contributed by atoms with E-state index in [1.54, 1.807) is 0 Å². The summed E-state index contributed by atoms with van der Waals surface area (Å²) in [4.78, 5) is 11.8. The highest BCUT2D eigenvalue weighted by Crippen LogP contribution is 2.39. The highest BCUT2D eigenvalue weighted by molar-refractivity contribution is 7.93. The Hall–Kier alpha value is 0.440. The molecule has 16 heavy (non-hydrogen) atoms. The Morgan fingerprint density at radius 3 is 2.75 bits per heavy atom. The van der Waals surface area contributed by atoms with Gasteiger partial charge in [0.15, 0.2) is 5.44 Å². The van der Waals surface area contributed by atoms with E-state index in [1.807, 2.05) is 0 Å². The lowest BCUT2D eigenvalue weighted by molar-refractivity contribution is -0.151. The van der Waals surface area contributed by atoms with Crippen LogP contribution in [0.25, 0.3) is 0 Å². The number of rotatable bonds is 4. The van der Waals surface area contributed by atoms with Gasteiger partial charge in [0.25, 0.3) is 0 Å². The van der Waals surface area contributed by atoms with Crippen molar-refractivity contribution < 1.29 is 14.3 Å². The molecule has 2 aliphatic heterocycles. The molecule has 7 heteroatoms. The van der Waals surface area contributed by atoms with Gasteiger partial charge in [-0.15, -0.1) is 12.6 Å². The molecule has 0 aliphatic carbocycles. The SMILES string of the molecule is O=C(OC(S)CN(S)S)C1CC2CCC1O2. The van der Waals surface area contributed by atoms with Gasteiger partial charge in [-0.05, 0) is 19.3 Å². The lowest BCUT2D eigenvalue weighted by atomic mass is 9.89. The highest BCUT2D eigenvalue weighted by Gasteiger charge is 2.45. The van der Waals surface area contributed by atoms with Crippen molar-refractivity contribution in [2.45, 2.75) is 36.9 Å². The van der Waals surface area contributed by atoms with Crippen molar-refractivity contribution in [3.05, 3.63) is 0 Å². The minimum atomic E-state index is -0.498. The fraction of sp³-hybridized carbons (Fsp3) is 0.889. The number of carbonyl (C=O) groups excluding carboxylic acids is 1. The maximum absolute atomic E-state index is 11.8. The van der Waals surface area contributed by atoms with Gasteiger partial charge >= 0.3 is 5.97 Å². The van der Waals surface area contributed by atoms with Crippen LogP contribution >= 0.6 is 38.3 Å². The Labute approximate surface area is 112 Å². The van der Waals surface area contributed by atoms with Gasteiger partial charge in [0.05, 0.1) is 24.7 Å². The molecule has 0 radical (unpaired) electrons. The second-order valence-corrected chi connectivity index (χ2v) is 6.02. The van der Waals surface area contributed by atoms with Crippen LogP contribution in [0.3, 0.4) is 0 Å². The van der Waals surface area contributed by atoms with Crippen molar-refractivity contribution in [1.29, 1.82) is 0 Å². The molecule has 0 saturated carbocycles. The number of hydrogen-bond acceptors (Lipinski definition) is 7. The lowest BCUT2D eigenvalue weighted by Crippen LogP contribution is -2.31.